The number of anilines is 1. The quantitative estimate of drug-likeness (QED) is 0.798. The first kappa shape index (κ1) is 13.3. The highest BCUT2D eigenvalue weighted by Crippen LogP contribution is 2.12. The van der Waals surface area contributed by atoms with Crippen LogP contribution in [0.3, 0.4) is 0 Å². The number of nitrogens with one attached hydrogen (secondary N) is 1. The molecule has 0 bridgehead atoms. The molecule has 1 aromatic carbocycles. The molecule has 0 saturated heterocycles. The molecule has 0 spiro atoms. The molecule has 0 atom stereocenters. The van der Waals surface area contributed by atoms with Crippen LogP contribution < -0.4 is 5.32 Å². The van der Waals surface area contributed by atoms with Crippen LogP contribution in [-0.2, 0) is 6.54 Å². The number of aromatic nitrogens is 3. The van der Waals surface area contributed by atoms with E-state index in [2.05, 4.69) is 15.3 Å². The molecule has 1 N–H and O–H groups in total. The summed E-state index contributed by atoms with van der Waals surface area (Å²) in [5.41, 5.74) is 1.94. The molecule has 2 heterocycles. The number of imidazole rings is 1. The molecule has 0 aliphatic rings. The molecular formula is C16H15FN4. The Kier molecular flexibility index (Phi) is 3.64. The average Bonchev–Trinajstić information content (AvgIpc) is 2.93. The summed E-state index contributed by atoms with van der Waals surface area (Å²) >= 11 is 0. The van der Waals surface area contributed by atoms with Crippen LogP contribution in [0.5, 0.6) is 0 Å². The molecule has 0 aliphatic heterocycles. The summed E-state index contributed by atoms with van der Waals surface area (Å²) in [6.45, 7) is 2.56. The van der Waals surface area contributed by atoms with Gasteiger partial charge in [0.05, 0.1) is 11.9 Å². The molecule has 106 valence electrons. The Labute approximate surface area is 122 Å². The Morgan fingerprint density at radius 1 is 1.10 bits per heavy atom. The zero-order chi connectivity index (χ0) is 14.7. The van der Waals surface area contributed by atoms with E-state index in [4.69, 9.17) is 0 Å². The van der Waals surface area contributed by atoms with Crippen molar-refractivity contribution in [1.82, 2.24) is 14.5 Å². The summed E-state index contributed by atoms with van der Waals surface area (Å²) in [5.74, 6) is 1.51. The van der Waals surface area contributed by atoms with Crippen LogP contribution in [-0.4, -0.2) is 14.5 Å². The maximum absolute atomic E-state index is 12.8. The summed E-state index contributed by atoms with van der Waals surface area (Å²) in [4.78, 5) is 8.58. The fourth-order valence-corrected chi connectivity index (χ4v) is 2.06. The Morgan fingerprint density at radius 2 is 1.90 bits per heavy atom. The van der Waals surface area contributed by atoms with Crippen molar-refractivity contribution in [2.45, 2.75) is 13.5 Å². The summed E-state index contributed by atoms with van der Waals surface area (Å²) in [5, 5.41) is 3.26. The summed E-state index contributed by atoms with van der Waals surface area (Å²) in [7, 11) is 0. The Bertz CT molecular complexity index is 717. The van der Waals surface area contributed by atoms with E-state index in [0.29, 0.717) is 6.54 Å². The predicted molar refractivity (Wildman–Crippen MR) is 79.8 cm³/mol. The number of rotatable bonds is 4. The molecular weight excluding hydrogens is 267 g/mol. The number of nitrogens with zero attached hydrogens (tertiary/aromatic N) is 3. The molecule has 5 heteroatoms. The van der Waals surface area contributed by atoms with Crippen molar-refractivity contribution in [2.75, 3.05) is 5.32 Å². The van der Waals surface area contributed by atoms with Crippen molar-refractivity contribution in [3.05, 3.63) is 72.2 Å². The summed E-state index contributed by atoms with van der Waals surface area (Å²) < 4.78 is 14.7. The van der Waals surface area contributed by atoms with Crippen LogP contribution >= 0.6 is 0 Å². The van der Waals surface area contributed by atoms with Gasteiger partial charge < -0.3 is 5.32 Å². The van der Waals surface area contributed by atoms with Crippen LogP contribution in [0.15, 0.2) is 55.0 Å². The van der Waals surface area contributed by atoms with E-state index in [1.54, 1.807) is 24.5 Å². The minimum Gasteiger partial charge on any atom is -0.380 e. The highest BCUT2D eigenvalue weighted by molar-refractivity contribution is 5.44. The maximum Gasteiger partial charge on any atom is 0.138 e. The van der Waals surface area contributed by atoms with E-state index in [1.807, 2.05) is 29.8 Å². The number of pyridine rings is 1. The fourth-order valence-electron chi connectivity index (χ4n) is 2.06. The number of halogens is 1. The van der Waals surface area contributed by atoms with Crippen LogP contribution in [0.25, 0.3) is 5.82 Å². The van der Waals surface area contributed by atoms with Crippen molar-refractivity contribution >= 4 is 5.69 Å². The van der Waals surface area contributed by atoms with E-state index in [0.717, 1.165) is 22.9 Å². The molecule has 3 rings (SSSR count). The first-order valence-corrected chi connectivity index (χ1v) is 6.67. The maximum atomic E-state index is 12.8. The lowest BCUT2D eigenvalue weighted by atomic mass is 10.2. The lowest BCUT2D eigenvalue weighted by Gasteiger charge is -2.08. The lowest BCUT2D eigenvalue weighted by molar-refractivity contribution is 0.627. The van der Waals surface area contributed by atoms with Gasteiger partial charge in [0.2, 0.25) is 0 Å². The van der Waals surface area contributed by atoms with Crippen molar-refractivity contribution < 1.29 is 4.39 Å². The first-order chi connectivity index (χ1) is 10.2. The van der Waals surface area contributed by atoms with Gasteiger partial charge >= 0.3 is 0 Å². The van der Waals surface area contributed by atoms with Crippen molar-refractivity contribution in [3.63, 3.8) is 0 Å². The van der Waals surface area contributed by atoms with Gasteiger partial charge in [0.25, 0.3) is 0 Å². The predicted octanol–water partition coefficient (Wildman–Crippen LogP) is 3.33. The molecule has 0 fully saturated rings. The molecule has 0 amide bonds. The van der Waals surface area contributed by atoms with Gasteiger partial charge in [-0.3, -0.25) is 4.57 Å². The van der Waals surface area contributed by atoms with E-state index < -0.39 is 0 Å². The second-order valence-corrected chi connectivity index (χ2v) is 4.73. The Balaban J connectivity index is 1.67. The number of aryl methyl sites for hydroxylation is 1. The lowest BCUT2D eigenvalue weighted by Crippen LogP contribution is -2.02. The second kappa shape index (κ2) is 5.75. The zero-order valence-electron chi connectivity index (χ0n) is 11.6. The van der Waals surface area contributed by atoms with Crippen LogP contribution in [0, 0.1) is 12.7 Å². The molecule has 0 unspecified atom stereocenters. The molecule has 0 aliphatic carbocycles. The summed E-state index contributed by atoms with van der Waals surface area (Å²) in [6.07, 6.45) is 5.40. The fraction of sp³-hybridized carbons (Fsp3) is 0.125. The van der Waals surface area contributed by atoms with Gasteiger partial charge in [-0.1, -0.05) is 12.1 Å². The monoisotopic (exact) mass is 282 g/mol. The number of benzene rings is 1. The van der Waals surface area contributed by atoms with Crippen LogP contribution in [0.2, 0.25) is 0 Å². The number of hydrogen-bond donors (Lipinski definition) is 1. The number of hydrogen-bond acceptors (Lipinski definition) is 3. The van der Waals surface area contributed by atoms with Crippen LogP contribution in [0.1, 0.15) is 11.4 Å². The molecule has 0 radical (unpaired) electrons. The van der Waals surface area contributed by atoms with Gasteiger partial charge in [-0.25, -0.2) is 14.4 Å². The van der Waals surface area contributed by atoms with Crippen molar-refractivity contribution in [1.29, 1.82) is 0 Å². The zero-order valence-corrected chi connectivity index (χ0v) is 11.6. The van der Waals surface area contributed by atoms with Gasteiger partial charge in [-0.2, -0.15) is 0 Å². The first-order valence-electron chi connectivity index (χ1n) is 6.67. The highest BCUT2D eigenvalue weighted by Gasteiger charge is 2.02. The molecule has 4 nitrogen and oxygen atoms in total. The minimum absolute atomic E-state index is 0.222. The highest BCUT2D eigenvalue weighted by atomic mass is 19.1. The Hall–Kier alpha value is -2.69. The van der Waals surface area contributed by atoms with Gasteiger partial charge in [0.15, 0.2) is 0 Å². The van der Waals surface area contributed by atoms with E-state index >= 15 is 0 Å². The Morgan fingerprint density at radius 3 is 2.52 bits per heavy atom. The van der Waals surface area contributed by atoms with Gasteiger partial charge in [-0.15, -0.1) is 0 Å². The summed E-state index contributed by atoms with van der Waals surface area (Å²) in [6, 6.07) is 10.3. The third-order valence-electron chi connectivity index (χ3n) is 3.23. The molecule has 2 aromatic heterocycles. The van der Waals surface area contributed by atoms with E-state index in [9.17, 15) is 4.39 Å². The van der Waals surface area contributed by atoms with E-state index in [1.165, 1.54) is 12.1 Å². The minimum atomic E-state index is -0.222. The van der Waals surface area contributed by atoms with E-state index in [-0.39, 0.29) is 5.82 Å². The molecule has 3 aromatic rings. The standard InChI is InChI=1S/C16H15FN4/c1-12-18-8-9-21(12)16-7-6-15(11-20-16)19-10-13-2-4-14(17)5-3-13/h2-9,11,19H,10H2,1H3. The third-order valence-corrected chi connectivity index (χ3v) is 3.23. The molecule has 21 heavy (non-hydrogen) atoms. The molecule has 0 saturated carbocycles. The SMILES string of the molecule is Cc1nccn1-c1ccc(NCc2ccc(F)cc2)cn1. The van der Waals surface area contributed by atoms with Gasteiger partial charge in [0.1, 0.15) is 17.5 Å². The van der Waals surface area contributed by atoms with Crippen molar-refractivity contribution in [3.8, 4) is 5.82 Å². The largest absolute Gasteiger partial charge is 0.380 e. The average molecular weight is 282 g/mol. The van der Waals surface area contributed by atoms with Gasteiger partial charge in [-0.05, 0) is 36.8 Å². The van der Waals surface area contributed by atoms with Crippen LogP contribution in [0.4, 0.5) is 10.1 Å². The third kappa shape index (κ3) is 3.08. The normalized spacial score (nSPS) is 10.6. The van der Waals surface area contributed by atoms with Crippen molar-refractivity contribution in [2.24, 2.45) is 0 Å². The van der Waals surface area contributed by atoms with Gasteiger partial charge in [0, 0.05) is 18.9 Å². The second-order valence-electron chi connectivity index (χ2n) is 4.73. The topological polar surface area (TPSA) is 42.7 Å². The smallest absolute Gasteiger partial charge is 0.138 e.